The Morgan fingerprint density at radius 2 is 1.75 bits per heavy atom. The van der Waals surface area contributed by atoms with E-state index in [4.69, 9.17) is 16.3 Å². The first-order valence-corrected chi connectivity index (χ1v) is 7.15. The number of rotatable bonds is 6. The highest BCUT2D eigenvalue weighted by molar-refractivity contribution is 6.30. The van der Waals surface area contributed by atoms with Gasteiger partial charge in [-0.2, -0.15) is 0 Å². The highest BCUT2D eigenvalue weighted by Crippen LogP contribution is 2.18. The predicted octanol–water partition coefficient (Wildman–Crippen LogP) is 3.99. The number of ether oxygens (including phenoxy) is 1. The average molecular weight is 290 g/mol. The highest BCUT2D eigenvalue weighted by Gasteiger charge is 2.00. The van der Waals surface area contributed by atoms with Crippen molar-refractivity contribution in [3.8, 4) is 5.75 Å². The molecular formula is C17H20ClNO. The van der Waals surface area contributed by atoms with Gasteiger partial charge in [0.25, 0.3) is 0 Å². The largest absolute Gasteiger partial charge is 0.496 e. The average Bonchev–Trinajstić information content (AvgIpc) is 2.46. The maximum absolute atomic E-state index is 5.87. The van der Waals surface area contributed by atoms with Gasteiger partial charge in [-0.15, -0.1) is 0 Å². The van der Waals surface area contributed by atoms with Gasteiger partial charge < -0.3 is 10.1 Å². The minimum Gasteiger partial charge on any atom is -0.496 e. The Balaban J connectivity index is 1.78. The highest BCUT2D eigenvalue weighted by atomic mass is 35.5. The molecule has 2 aromatic rings. The molecule has 0 aliphatic rings. The summed E-state index contributed by atoms with van der Waals surface area (Å²) in [5.41, 5.74) is 3.75. The van der Waals surface area contributed by atoms with Crippen molar-refractivity contribution in [1.82, 2.24) is 5.32 Å². The minimum atomic E-state index is 0.787. The molecule has 0 spiro atoms. The van der Waals surface area contributed by atoms with E-state index in [2.05, 4.69) is 36.5 Å². The van der Waals surface area contributed by atoms with Gasteiger partial charge in [0.15, 0.2) is 0 Å². The molecule has 1 N–H and O–H groups in total. The van der Waals surface area contributed by atoms with Gasteiger partial charge in [-0.1, -0.05) is 35.9 Å². The molecule has 0 saturated heterocycles. The fraction of sp³-hybridized carbons (Fsp3) is 0.294. The fourth-order valence-electron chi connectivity index (χ4n) is 2.17. The molecule has 0 aromatic heterocycles. The third-order valence-electron chi connectivity index (χ3n) is 3.29. The molecule has 0 radical (unpaired) electrons. The number of halogens is 1. The topological polar surface area (TPSA) is 21.3 Å². The van der Waals surface area contributed by atoms with Crippen LogP contribution >= 0.6 is 11.6 Å². The summed E-state index contributed by atoms with van der Waals surface area (Å²) in [4.78, 5) is 0. The van der Waals surface area contributed by atoms with Crippen molar-refractivity contribution in [1.29, 1.82) is 0 Å². The minimum absolute atomic E-state index is 0.787. The van der Waals surface area contributed by atoms with E-state index in [9.17, 15) is 0 Å². The van der Waals surface area contributed by atoms with Gasteiger partial charge in [-0.3, -0.25) is 0 Å². The van der Waals surface area contributed by atoms with E-state index in [1.54, 1.807) is 7.11 Å². The van der Waals surface area contributed by atoms with Crippen LogP contribution in [0.15, 0.2) is 42.5 Å². The summed E-state index contributed by atoms with van der Waals surface area (Å²) in [6, 6.07) is 14.3. The lowest BCUT2D eigenvalue weighted by molar-refractivity contribution is 0.411. The molecule has 0 unspecified atom stereocenters. The number of benzene rings is 2. The van der Waals surface area contributed by atoms with Crippen LogP contribution in [-0.4, -0.2) is 13.7 Å². The van der Waals surface area contributed by atoms with Gasteiger partial charge in [0.05, 0.1) is 7.11 Å². The van der Waals surface area contributed by atoms with E-state index in [0.29, 0.717) is 0 Å². The standard InChI is InChI=1S/C17H20ClNO/c1-13-11-15(5-8-17(13)20-2)12-19-10-9-14-3-6-16(18)7-4-14/h3-8,11,19H,9-10,12H2,1-2H3. The van der Waals surface area contributed by atoms with Crippen LogP contribution in [0.25, 0.3) is 0 Å². The molecule has 0 saturated carbocycles. The van der Waals surface area contributed by atoms with E-state index in [1.165, 1.54) is 16.7 Å². The van der Waals surface area contributed by atoms with Crippen LogP contribution in [0.4, 0.5) is 0 Å². The first-order valence-electron chi connectivity index (χ1n) is 6.77. The van der Waals surface area contributed by atoms with E-state index in [1.807, 2.05) is 18.2 Å². The van der Waals surface area contributed by atoms with Gasteiger partial charge in [0.2, 0.25) is 0 Å². The zero-order valence-corrected chi connectivity index (χ0v) is 12.7. The number of hydrogen-bond acceptors (Lipinski definition) is 2. The van der Waals surface area contributed by atoms with Crippen LogP contribution in [0.3, 0.4) is 0 Å². The molecule has 0 fully saturated rings. The Kier molecular flexibility index (Phi) is 5.45. The van der Waals surface area contributed by atoms with Gasteiger partial charge in [-0.25, -0.2) is 0 Å². The molecule has 0 aliphatic carbocycles. The zero-order chi connectivity index (χ0) is 14.4. The Morgan fingerprint density at radius 1 is 1.05 bits per heavy atom. The lowest BCUT2D eigenvalue weighted by Crippen LogP contribution is -2.16. The Bertz CT molecular complexity index is 551. The maximum atomic E-state index is 5.87. The van der Waals surface area contributed by atoms with Crippen molar-refractivity contribution in [3.05, 3.63) is 64.2 Å². The Hall–Kier alpha value is -1.51. The van der Waals surface area contributed by atoms with Crippen LogP contribution in [-0.2, 0) is 13.0 Å². The maximum Gasteiger partial charge on any atom is 0.121 e. The molecule has 0 bridgehead atoms. The first-order chi connectivity index (χ1) is 9.69. The fourth-order valence-corrected chi connectivity index (χ4v) is 2.29. The second-order valence-electron chi connectivity index (χ2n) is 4.86. The van der Waals surface area contributed by atoms with Crippen molar-refractivity contribution in [2.24, 2.45) is 0 Å². The SMILES string of the molecule is COc1ccc(CNCCc2ccc(Cl)cc2)cc1C. The van der Waals surface area contributed by atoms with Crippen LogP contribution in [0, 0.1) is 6.92 Å². The van der Waals surface area contributed by atoms with Crippen LogP contribution in [0.1, 0.15) is 16.7 Å². The molecule has 0 aliphatic heterocycles. The van der Waals surface area contributed by atoms with Crippen molar-refractivity contribution in [2.75, 3.05) is 13.7 Å². The summed E-state index contributed by atoms with van der Waals surface area (Å²) in [6.07, 6.45) is 1.01. The predicted molar refractivity (Wildman–Crippen MR) is 84.6 cm³/mol. The van der Waals surface area contributed by atoms with Crippen molar-refractivity contribution in [3.63, 3.8) is 0 Å². The van der Waals surface area contributed by atoms with Crippen LogP contribution in [0.5, 0.6) is 5.75 Å². The van der Waals surface area contributed by atoms with Crippen molar-refractivity contribution >= 4 is 11.6 Å². The molecule has 3 heteroatoms. The molecular weight excluding hydrogens is 270 g/mol. The molecule has 0 amide bonds. The van der Waals surface area contributed by atoms with Gasteiger partial charge in [0.1, 0.15) is 5.75 Å². The summed E-state index contributed by atoms with van der Waals surface area (Å²) in [5, 5.41) is 4.24. The van der Waals surface area contributed by atoms with E-state index in [-0.39, 0.29) is 0 Å². The normalized spacial score (nSPS) is 10.6. The summed E-state index contributed by atoms with van der Waals surface area (Å²) in [6.45, 7) is 3.89. The Morgan fingerprint density at radius 3 is 2.40 bits per heavy atom. The lowest BCUT2D eigenvalue weighted by atomic mass is 10.1. The van der Waals surface area contributed by atoms with E-state index in [0.717, 1.165) is 30.3 Å². The lowest BCUT2D eigenvalue weighted by Gasteiger charge is -2.09. The molecule has 2 aromatic carbocycles. The smallest absolute Gasteiger partial charge is 0.121 e. The molecule has 0 atom stereocenters. The van der Waals surface area contributed by atoms with Crippen molar-refractivity contribution in [2.45, 2.75) is 19.9 Å². The third-order valence-corrected chi connectivity index (χ3v) is 3.54. The summed E-state index contributed by atoms with van der Waals surface area (Å²) in [5.74, 6) is 0.940. The van der Waals surface area contributed by atoms with Crippen LogP contribution < -0.4 is 10.1 Å². The van der Waals surface area contributed by atoms with Crippen molar-refractivity contribution < 1.29 is 4.74 Å². The first kappa shape index (κ1) is 14.9. The quantitative estimate of drug-likeness (QED) is 0.812. The number of nitrogens with one attached hydrogen (secondary N) is 1. The van der Waals surface area contributed by atoms with E-state index < -0.39 is 0 Å². The molecule has 106 valence electrons. The molecule has 2 nitrogen and oxygen atoms in total. The van der Waals surface area contributed by atoms with Crippen LogP contribution in [0.2, 0.25) is 5.02 Å². The number of hydrogen-bond donors (Lipinski definition) is 1. The molecule has 20 heavy (non-hydrogen) atoms. The second-order valence-corrected chi connectivity index (χ2v) is 5.29. The number of aryl methyl sites for hydroxylation is 1. The summed E-state index contributed by atoms with van der Waals surface area (Å²) >= 11 is 5.87. The van der Waals surface area contributed by atoms with E-state index >= 15 is 0 Å². The second kappa shape index (κ2) is 7.32. The molecule has 2 rings (SSSR count). The van der Waals surface area contributed by atoms with Gasteiger partial charge >= 0.3 is 0 Å². The summed E-state index contributed by atoms with van der Waals surface area (Å²) in [7, 11) is 1.70. The molecule has 0 heterocycles. The zero-order valence-electron chi connectivity index (χ0n) is 11.9. The monoisotopic (exact) mass is 289 g/mol. The van der Waals surface area contributed by atoms with Gasteiger partial charge in [0, 0.05) is 11.6 Å². The van der Waals surface area contributed by atoms with Gasteiger partial charge in [-0.05, 0) is 54.8 Å². The number of methoxy groups -OCH3 is 1. The Labute approximate surface area is 125 Å². The third kappa shape index (κ3) is 4.26. The summed E-state index contributed by atoms with van der Waals surface area (Å²) < 4.78 is 5.26.